The lowest BCUT2D eigenvalue weighted by atomic mass is 9.89. The van der Waals surface area contributed by atoms with Crippen molar-refractivity contribution in [3.05, 3.63) is 35.9 Å². The standard InChI is InChI=1S/C14H21NO2/c1-2-8-14(17)10-15(11-14)9-13(16)12-6-4-3-5-7-12/h3-7,13,16-17H,2,8-11H2,1H3. The highest BCUT2D eigenvalue weighted by molar-refractivity contribution is 5.17. The molecule has 1 saturated heterocycles. The van der Waals surface area contributed by atoms with Crippen molar-refractivity contribution in [2.45, 2.75) is 31.5 Å². The maximum Gasteiger partial charge on any atom is 0.0916 e. The van der Waals surface area contributed by atoms with Gasteiger partial charge in [-0.25, -0.2) is 0 Å². The Bertz CT molecular complexity index is 346. The zero-order valence-corrected chi connectivity index (χ0v) is 10.3. The summed E-state index contributed by atoms with van der Waals surface area (Å²) in [6.07, 6.45) is 1.40. The van der Waals surface area contributed by atoms with E-state index in [1.54, 1.807) is 0 Å². The van der Waals surface area contributed by atoms with Crippen LogP contribution >= 0.6 is 0 Å². The maximum atomic E-state index is 10.0. The Hall–Kier alpha value is -0.900. The molecule has 3 heteroatoms. The van der Waals surface area contributed by atoms with Crippen LogP contribution in [0.4, 0.5) is 0 Å². The summed E-state index contributed by atoms with van der Waals surface area (Å²) in [5, 5.41) is 20.1. The molecule has 0 spiro atoms. The largest absolute Gasteiger partial charge is 0.387 e. The molecule has 1 aliphatic rings. The highest BCUT2D eigenvalue weighted by atomic mass is 16.3. The predicted octanol–water partition coefficient (Wildman–Crippen LogP) is 1.57. The molecule has 17 heavy (non-hydrogen) atoms. The van der Waals surface area contributed by atoms with Crippen LogP contribution in [0.1, 0.15) is 31.4 Å². The molecule has 1 aromatic rings. The van der Waals surface area contributed by atoms with Gasteiger partial charge in [-0.2, -0.15) is 0 Å². The number of hydrogen-bond acceptors (Lipinski definition) is 3. The molecule has 1 fully saturated rings. The monoisotopic (exact) mass is 235 g/mol. The second kappa shape index (κ2) is 5.17. The molecule has 1 heterocycles. The molecule has 2 N–H and O–H groups in total. The molecule has 0 bridgehead atoms. The third-order valence-electron chi connectivity index (χ3n) is 3.37. The van der Waals surface area contributed by atoms with Gasteiger partial charge in [0, 0.05) is 19.6 Å². The van der Waals surface area contributed by atoms with Gasteiger partial charge < -0.3 is 10.2 Å². The fourth-order valence-electron chi connectivity index (χ4n) is 2.56. The quantitative estimate of drug-likeness (QED) is 0.814. The smallest absolute Gasteiger partial charge is 0.0916 e. The Morgan fingerprint density at radius 1 is 1.29 bits per heavy atom. The molecular weight excluding hydrogens is 214 g/mol. The van der Waals surface area contributed by atoms with Crippen molar-refractivity contribution >= 4 is 0 Å². The Balaban J connectivity index is 1.81. The first-order chi connectivity index (χ1) is 8.13. The summed E-state index contributed by atoms with van der Waals surface area (Å²) in [4.78, 5) is 2.10. The van der Waals surface area contributed by atoms with Crippen LogP contribution in [-0.4, -0.2) is 40.3 Å². The van der Waals surface area contributed by atoms with Gasteiger partial charge >= 0.3 is 0 Å². The average Bonchev–Trinajstić information content (AvgIpc) is 2.28. The van der Waals surface area contributed by atoms with Gasteiger partial charge in [-0.3, -0.25) is 4.90 Å². The van der Waals surface area contributed by atoms with Crippen LogP contribution in [0.2, 0.25) is 0 Å². The molecule has 0 saturated carbocycles. The van der Waals surface area contributed by atoms with E-state index in [0.29, 0.717) is 19.6 Å². The summed E-state index contributed by atoms with van der Waals surface area (Å²) in [5.41, 5.74) is 0.434. The van der Waals surface area contributed by atoms with Crippen LogP contribution in [0.5, 0.6) is 0 Å². The van der Waals surface area contributed by atoms with Crippen molar-refractivity contribution < 1.29 is 10.2 Å². The maximum absolute atomic E-state index is 10.0. The van der Waals surface area contributed by atoms with E-state index < -0.39 is 11.7 Å². The van der Waals surface area contributed by atoms with Gasteiger partial charge in [-0.15, -0.1) is 0 Å². The molecule has 0 amide bonds. The van der Waals surface area contributed by atoms with Crippen LogP contribution < -0.4 is 0 Å². The molecule has 1 atom stereocenters. The normalized spacial score (nSPS) is 20.9. The minimum absolute atomic E-state index is 0.456. The fourth-order valence-corrected chi connectivity index (χ4v) is 2.56. The van der Waals surface area contributed by atoms with Crippen LogP contribution in [-0.2, 0) is 0 Å². The number of hydrogen-bond donors (Lipinski definition) is 2. The molecular formula is C14H21NO2. The van der Waals surface area contributed by atoms with E-state index in [1.807, 2.05) is 30.3 Å². The summed E-state index contributed by atoms with van der Waals surface area (Å²) in [6, 6.07) is 9.68. The highest BCUT2D eigenvalue weighted by Crippen LogP contribution is 2.27. The van der Waals surface area contributed by atoms with E-state index in [9.17, 15) is 10.2 Å². The second-order valence-corrected chi connectivity index (χ2v) is 5.07. The first kappa shape index (κ1) is 12.6. The molecule has 1 aliphatic heterocycles. The van der Waals surface area contributed by atoms with E-state index in [0.717, 1.165) is 18.4 Å². The van der Waals surface area contributed by atoms with Crippen molar-refractivity contribution in [2.75, 3.05) is 19.6 Å². The Morgan fingerprint density at radius 3 is 2.53 bits per heavy atom. The predicted molar refractivity (Wildman–Crippen MR) is 67.7 cm³/mol. The molecule has 0 radical (unpaired) electrons. The van der Waals surface area contributed by atoms with Crippen molar-refractivity contribution in [1.29, 1.82) is 0 Å². The Labute approximate surface area is 103 Å². The summed E-state index contributed by atoms with van der Waals surface area (Å²) in [5.74, 6) is 0. The lowest BCUT2D eigenvalue weighted by Gasteiger charge is -2.47. The van der Waals surface area contributed by atoms with Gasteiger partial charge in [0.25, 0.3) is 0 Å². The van der Waals surface area contributed by atoms with Crippen LogP contribution in [0.3, 0.4) is 0 Å². The SMILES string of the molecule is CCCC1(O)CN(CC(O)c2ccccc2)C1. The highest BCUT2D eigenvalue weighted by Gasteiger charge is 2.40. The molecule has 1 unspecified atom stereocenters. The third kappa shape index (κ3) is 3.06. The number of benzene rings is 1. The molecule has 3 nitrogen and oxygen atoms in total. The lowest BCUT2D eigenvalue weighted by Crippen LogP contribution is -2.62. The van der Waals surface area contributed by atoms with Crippen molar-refractivity contribution in [3.8, 4) is 0 Å². The molecule has 0 aromatic heterocycles. The Kier molecular flexibility index (Phi) is 3.82. The zero-order valence-electron chi connectivity index (χ0n) is 10.3. The first-order valence-corrected chi connectivity index (χ1v) is 6.31. The average molecular weight is 235 g/mol. The van der Waals surface area contributed by atoms with Gasteiger partial charge in [0.2, 0.25) is 0 Å². The summed E-state index contributed by atoms with van der Waals surface area (Å²) in [6.45, 7) is 4.06. The van der Waals surface area contributed by atoms with Gasteiger partial charge in [-0.05, 0) is 12.0 Å². The van der Waals surface area contributed by atoms with Gasteiger partial charge in [-0.1, -0.05) is 43.7 Å². The van der Waals surface area contributed by atoms with Crippen molar-refractivity contribution in [2.24, 2.45) is 0 Å². The minimum Gasteiger partial charge on any atom is -0.387 e. The Morgan fingerprint density at radius 2 is 1.94 bits per heavy atom. The van der Waals surface area contributed by atoms with E-state index in [-0.39, 0.29) is 0 Å². The molecule has 0 aliphatic carbocycles. The van der Waals surface area contributed by atoms with Gasteiger partial charge in [0.05, 0.1) is 11.7 Å². The van der Waals surface area contributed by atoms with E-state index in [2.05, 4.69) is 11.8 Å². The van der Waals surface area contributed by atoms with Gasteiger partial charge in [0.15, 0.2) is 0 Å². The zero-order chi connectivity index (χ0) is 12.3. The summed E-state index contributed by atoms with van der Waals surface area (Å²) in [7, 11) is 0. The van der Waals surface area contributed by atoms with E-state index >= 15 is 0 Å². The number of β-amino-alcohol motifs (C(OH)–C–C–N with tert-alkyl or cyclic N) is 2. The molecule has 1 aromatic carbocycles. The van der Waals surface area contributed by atoms with Crippen molar-refractivity contribution in [3.63, 3.8) is 0 Å². The fraction of sp³-hybridized carbons (Fsp3) is 0.571. The number of aliphatic hydroxyl groups is 2. The summed E-state index contributed by atoms with van der Waals surface area (Å²) >= 11 is 0. The van der Waals surface area contributed by atoms with Crippen molar-refractivity contribution in [1.82, 2.24) is 4.90 Å². The summed E-state index contributed by atoms with van der Waals surface area (Å²) < 4.78 is 0. The van der Waals surface area contributed by atoms with Gasteiger partial charge in [0.1, 0.15) is 0 Å². The van der Waals surface area contributed by atoms with E-state index in [1.165, 1.54) is 0 Å². The second-order valence-electron chi connectivity index (χ2n) is 5.07. The number of aliphatic hydroxyl groups excluding tert-OH is 1. The van der Waals surface area contributed by atoms with Crippen LogP contribution in [0, 0.1) is 0 Å². The topological polar surface area (TPSA) is 43.7 Å². The molecule has 94 valence electrons. The minimum atomic E-state index is -0.509. The first-order valence-electron chi connectivity index (χ1n) is 6.31. The third-order valence-corrected chi connectivity index (χ3v) is 3.37. The van der Waals surface area contributed by atoms with Crippen LogP contribution in [0.15, 0.2) is 30.3 Å². The number of nitrogens with zero attached hydrogens (tertiary/aromatic N) is 1. The number of rotatable bonds is 5. The molecule has 2 rings (SSSR count). The van der Waals surface area contributed by atoms with Crippen LogP contribution in [0.25, 0.3) is 0 Å². The lowest BCUT2D eigenvalue weighted by molar-refractivity contribution is -0.113. The van der Waals surface area contributed by atoms with E-state index in [4.69, 9.17) is 0 Å². The number of likely N-dealkylation sites (tertiary alicyclic amines) is 1.